The van der Waals surface area contributed by atoms with Gasteiger partial charge in [0.15, 0.2) is 5.76 Å². The van der Waals surface area contributed by atoms with Crippen LogP contribution in [0.2, 0.25) is 0 Å². The number of furan rings is 1. The first-order valence-corrected chi connectivity index (χ1v) is 11.5. The molecule has 1 aliphatic rings. The normalized spacial score (nSPS) is 13.8. The molecule has 0 aliphatic carbocycles. The fraction of sp³-hybridized carbons (Fsp3) is 0.269. The lowest BCUT2D eigenvalue weighted by Crippen LogP contribution is -2.50. The first-order valence-electron chi connectivity index (χ1n) is 11.5. The Labute approximate surface area is 203 Å². The van der Waals surface area contributed by atoms with Crippen LogP contribution in [0.5, 0.6) is 5.75 Å². The summed E-state index contributed by atoms with van der Waals surface area (Å²) in [6, 6.07) is 17.3. The van der Waals surface area contributed by atoms with Crippen LogP contribution in [0.1, 0.15) is 27.8 Å². The molecule has 0 saturated carbocycles. The summed E-state index contributed by atoms with van der Waals surface area (Å²) in [5.41, 5.74) is 1.43. The molecule has 0 bridgehead atoms. The molecule has 9 heteroatoms. The molecule has 1 aliphatic heterocycles. The third-order valence-electron chi connectivity index (χ3n) is 5.63. The van der Waals surface area contributed by atoms with E-state index < -0.39 is 0 Å². The highest BCUT2D eigenvalue weighted by Gasteiger charge is 2.25. The molecule has 2 N–H and O–H groups in total. The van der Waals surface area contributed by atoms with Crippen LogP contribution in [-0.4, -0.2) is 66.9 Å². The van der Waals surface area contributed by atoms with Crippen molar-refractivity contribution in [3.8, 4) is 5.75 Å². The van der Waals surface area contributed by atoms with Gasteiger partial charge < -0.3 is 24.7 Å². The van der Waals surface area contributed by atoms with Crippen molar-refractivity contribution in [2.75, 3.05) is 50.0 Å². The van der Waals surface area contributed by atoms with Gasteiger partial charge in [0.05, 0.1) is 30.7 Å². The number of ether oxygens (including phenoxy) is 1. The molecule has 1 aromatic heterocycles. The molecule has 182 valence electrons. The number of para-hydroxylation sites is 1. The first-order chi connectivity index (χ1) is 17.0. The predicted octanol–water partition coefficient (Wildman–Crippen LogP) is 3.33. The fourth-order valence-corrected chi connectivity index (χ4v) is 3.85. The van der Waals surface area contributed by atoms with E-state index in [0.717, 1.165) is 5.75 Å². The number of amides is 3. The molecule has 1 saturated heterocycles. The fourth-order valence-electron chi connectivity index (χ4n) is 3.85. The van der Waals surface area contributed by atoms with Crippen LogP contribution >= 0.6 is 0 Å². The number of hydrogen-bond donors (Lipinski definition) is 2. The zero-order valence-electron chi connectivity index (χ0n) is 19.5. The number of rotatable bonds is 8. The van der Waals surface area contributed by atoms with Crippen molar-refractivity contribution in [3.63, 3.8) is 0 Å². The average molecular weight is 477 g/mol. The molecule has 35 heavy (non-hydrogen) atoms. The van der Waals surface area contributed by atoms with Gasteiger partial charge in [-0.25, -0.2) is 0 Å². The maximum Gasteiger partial charge on any atom is 0.289 e. The second-order valence-corrected chi connectivity index (χ2v) is 8.05. The van der Waals surface area contributed by atoms with Gasteiger partial charge in [-0.2, -0.15) is 0 Å². The summed E-state index contributed by atoms with van der Waals surface area (Å²) in [5.74, 6) is 0.347. The quantitative estimate of drug-likeness (QED) is 0.517. The second-order valence-electron chi connectivity index (χ2n) is 8.05. The highest BCUT2D eigenvalue weighted by Crippen LogP contribution is 2.20. The minimum Gasteiger partial charge on any atom is -0.494 e. The third-order valence-corrected chi connectivity index (χ3v) is 5.63. The van der Waals surface area contributed by atoms with E-state index in [1.807, 2.05) is 11.8 Å². The molecule has 1 fully saturated rings. The maximum atomic E-state index is 12.9. The Bertz CT molecular complexity index is 1150. The summed E-state index contributed by atoms with van der Waals surface area (Å²) in [7, 11) is 0. The van der Waals surface area contributed by atoms with Crippen LogP contribution in [0.4, 0.5) is 11.4 Å². The molecule has 0 radical (unpaired) electrons. The van der Waals surface area contributed by atoms with E-state index in [2.05, 4.69) is 10.6 Å². The Morgan fingerprint density at radius 1 is 0.914 bits per heavy atom. The van der Waals surface area contributed by atoms with E-state index in [9.17, 15) is 14.4 Å². The van der Waals surface area contributed by atoms with E-state index in [-0.39, 0.29) is 24.3 Å². The molecule has 2 heterocycles. The van der Waals surface area contributed by atoms with Crippen molar-refractivity contribution in [2.24, 2.45) is 0 Å². The molecule has 9 nitrogen and oxygen atoms in total. The van der Waals surface area contributed by atoms with E-state index in [0.29, 0.717) is 55.5 Å². The SMILES string of the molecule is CCOc1ccc(NC(=O)c2ccccc2NC(=O)CN2CCN(C(=O)c3ccco3)CC2)cc1. The zero-order chi connectivity index (χ0) is 24.6. The molecule has 0 atom stereocenters. The lowest BCUT2D eigenvalue weighted by Gasteiger charge is -2.33. The standard InChI is InChI=1S/C26H28N4O5/c1-2-34-20-11-9-19(10-12-20)27-25(32)21-6-3-4-7-22(21)28-24(31)18-29-13-15-30(16-14-29)26(33)23-8-5-17-35-23/h3-12,17H,2,13-16,18H2,1H3,(H,27,32)(H,28,31). The maximum absolute atomic E-state index is 12.9. The number of nitrogens with zero attached hydrogens (tertiary/aromatic N) is 2. The van der Waals surface area contributed by atoms with E-state index in [1.54, 1.807) is 65.6 Å². The van der Waals surface area contributed by atoms with Gasteiger partial charge in [0.1, 0.15) is 5.75 Å². The Hall–Kier alpha value is -4.11. The largest absolute Gasteiger partial charge is 0.494 e. The first kappa shape index (κ1) is 24.0. The van der Waals surface area contributed by atoms with Crippen molar-refractivity contribution in [2.45, 2.75) is 6.92 Å². The molecule has 2 aromatic carbocycles. The number of nitrogens with one attached hydrogen (secondary N) is 2. The number of carbonyl (C=O) groups excluding carboxylic acids is 3. The van der Waals surface area contributed by atoms with Crippen LogP contribution < -0.4 is 15.4 Å². The summed E-state index contributed by atoms with van der Waals surface area (Å²) in [4.78, 5) is 41.7. The number of anilines is 2. The van der Waals surface area contributed by atoms with Crippen LogP contribution in [-0.2, 0) is 4.79 Å². The number of hydrogen-bond acceptors (Lipinski definition) is 6. The van der Waals surface area contributed by atoms with Crippen molar-refractivity contribution >= 4 is 29.1 Å². The lowest BCUT2D eigenvalue weighted by molar-refractivity contribution is -0.117. The van der Waals surface area contributed by atoms with Crippen molar-refractivity contribution in [1.82, 2.24) is 9.80 Å². The predicted molar refractivity (Wildman–Crippen MR) is 132 cm³/mol. The Balaban J connectivity index is 1.30. The lowest BCUT2D eigenvalue weighted by atomic mass is 10.1. The van der Waals surface area contributed by atoms with Crippen LogP contribution in [0.15, 0.2) is 71.3 Å². The Morgan fingerprint density at radius 3 is 2.34 bits per heavy atom. The summed E-state index contributed by atoms with van der Waals surface area (Å²) >= 11 is 0. The van der Waals surface area contributed by atoms with E-state index in [4.69, 9.17) is 9.15 Å². The van der Waals surface area contributed by atoms with Crippen LogP contribution in [0, 0.1) is 0 Å². The topological polar surface area (TPSA) is 104 Å². The number of carbonyl (C=O) groups is 3. The molecule has 3 aromatic rings. The van der Waals surface area contributed by atoms with Gasteiger partial charge in [-0.05, 0) is 55.5 Å². The summed E-state index contributed by atoms with van der Waals surface area (Å²) in [6.07, 6.45) is 1.48. The van der Waals surface area contributed by atoms with Gasteiger partial charge >= 0.3 is 0 Å². The number of benzene rings is 2. The summed E-state index contributed by atoms with van der Waals surface area (Å²) in [5, 5.41) is 5.70. The highest BCUT2D eigenvalue weighted by atomic mass is 16.5. The minimum atomic E-state index is -0.324. The van der Waals surface area contributed by atoms with Crippen molar-refractivity contribution in [3.05, 3.63) is 78.3 Å². The molecule has 0 spiro atoms. The molecular weight excluding hydrogens is 448 g/mol. The smallest absolute Gasteiger partial charge is 0.289 e. The van der Waals surface area contributed by atoms with Crippen molar-refractivity contribution in [1.29, 1.82) is 0 Å². The number of piperazine rings is 1. The highest BCUT2D eigenvalue weighted by molar-refractivity contribution is 6.10. The molecular formula is C26H28N4O5. The second kappa shape index (κ2) is 11.3. The zero-order valence-corrected chi connectivity index (χ0v) is 19.5. The Morgan fingerprint density at radius 2 is 1.66 bits per heavy atom. The Kier molecular flexibility index (Phi) is 7.79. The van der Waals surface area contributed by atoms with E-state index in [1.165, 1.54) is 6.26 Å². The van der Waals surface area contributed by atoms with E-state index >= 15 is 0 Å². The van der Waals surface area contributed by atoms with Gasteiger partial charge in [-0.15, -0.1) is 0 Å². The third kappa shape index (κ3) is 6.27. The molecule has 3 amide bonds. The average Bonchev–Trinajstić information content (AvgIpc) is 3.41. The van der Waals surface area contributed by atoms with Crippen molar-refractivity contribution < 1.29 is 23.5 Å². The van der Waals surface area contributed by atoms with Gasteiger partial charge in [0.25, 0.3) is 11.8 Å². The van der Waals surface area contributed by atoms with Crippen LogP contribution in [0.25, 0.3) is 0 Å². The minimum absolute atomic E-state index is 0.147. The summed E-state index contributed by atoms with van der Waals surface area (Å²) in [6.45, 7) is 4.79. The molecule has 0 unspecified atom stereocenters. The summed E-state index contributed by atoms with van der Waals surface area (Å²) < 4.78 is 10.6. The van der Waals surface area contributed by atoms with Gasteiger partial charge in [0.2, 0.25) is 5.91 Å². The van der Waals surface area contributed by atoms with Gasteiger partial charge in [-0.1, -0.05) is 12.1 Å². The molecule has 4 rings (SSSR count). The van der Waals surface area contributed by atoms with Gasteiger partial charge in [-0.3, -0.25) is 19.3 Å². The van der Waals surface area contributed by atoms with Crippen LogP contribution in [0.3, 0.4) is 0 Å². The monoisotopic (exact) mass is 476 g/mol. The van der Waals surface area contributed by atoms with Gasteiger partial charge in [0, 0.05) is 31.9 Å².